The maximum Gasteiger partial charge on any atom is 0.190 e. The van der Waals surface area contributed by atoms with Crippen LogP contribution in [0.5, 0.6) is 0 Å². The summed E-state index contributed by atoms with van der Waals surface area (Å²) in [6.45, 7) is 0. The third kappa shape index (κ3) is 2.75. The third-order valence-corrected chi connectivity index (χ3v) is 3.64. The zero-order chi connectivity index (χ0) is 13.1. The summed E-state index contributed by atoms with van der Waals surface area (Å²) in [7, 11) is 3.58. The molecule has 0 atom stereocenters. The first-order valence-corrected chi connectivity index (χ1v) is 6.38. The zero-order valence-electron chi connectivity index (χ0n) is 10.5. The molecule has 0 bridgehead atoms. The van der Waals surface area contributed by atoms with E-state index in [-0.39, 0.29) is 10.8 Å². The second-order valence-electron chi connectivity index (χ2n) is 4.51. The van der Waals surface area contributed by atoms with E-state index in [1.54, 1.807) is 13.1 Å². The lowest BCUT2D eigenvalue weighted by Gasteiger charge is -2.37. The maximum atomic E-state index is 13.1. The lowest BCUT2D eigenvalue weighted by molar-refractivity contribution is 0.322. The third-order valence-electron chi connectivity index (χ3n) is 3.35. The van der Waals surface area contributed by atoms with Gasteiger partial charge in [-0.15, -0.1) is 0 Å². The fourth-order valence-electron chi connectivity index (χ4n) is 2.22. The molecular weight excluding hydrogens is 253 g/mol. The average molecular weight is 270 g/mol. The molecule has 0 spiro atoms. The predicted octanol–water partition coefficient (Wildman–Crippen LogP) is 2.52. The minimum Gasteiger partial charge on any atom is -0.359 e. The minimum absolute atomic E-state index is 0.204. The number of hydrogen-bond acceptors (Lipinski definition) is 1. The van der Waals surface area contributed by atoms with Crippen LogP contribution in [0.1, 0.15) is 24.3 Å². The summed E-state index contributed by atoms with van der Waals surface area (Å²) in [5, 5.41) is 6.50. The first-order valence-electron chi connectivity index (χ1n) is 6.00. The number of aliphatic imine (C=N–C) groups is 1. The van der Waals surface area contributed by atoms with Gasteiger partial charge in [0.15, 0.2) is 5.96 Å². The first-order chi connectivity index (χ1) is 8.63. The molecule has 1 aliphatic carbocycles. The molecule has 0 saturated heterocycles. The Bertz CT molecular complexity index is 456. The molecule has 0 unspecified atom stereocenters. The SMILES string of the molecule is CN=C(NC)NC1CC(c2ccc(F)c(Cl)c2)C1. The van der Waals surface area contributed by atoms with Gasteiger partial charge in [-0.2, -0.15) is 0 Å². The van der Waals surface area contributed by atoms with Gasteiger partial charge in [0.1, 0.15) is 5.82 Å². The molecule has 18 heavy (non-hydrogen) atoms. The molecule has 0 radical (unpaired) electrons. The van der Waals surface area contributed by atoms with Crippen molar-refractivity contribution in [3.05, 3.63) is 34.6 Å². The van der Waals surface area contributed by atoms with Gasteiger partial charge in [-0.3, -0.25) is 4.99 Å². The van der Waals surface area contributed by atoms with Crippen molar-refractivity contribution in [3.63, 3.8) is 0 Å². The van der Waals surface area contributed by atoms with Gasteiger partial charge < -0.3 is 10.6 Å². The van der Waals surface area contributed by atoms with Crippen LogP contribution in [0.15, 0.2) is 23.2 Å². The predicted molar refractivity (Wildman–Crippen MR) is 72.7 cm³/mol. The fourth-order valence-corrected chi connectivity index (χ4v) is 2.41. The molecule has 1 aromatic rings. The number of halogens is 2. The number of nitrogens with one attached hydrogen (secondary N) is 2. The van der Waals surface area contributed by atoms with E-state index in [0.29, 0.717) is 12.0 Å². The Kier molecular flexibility index (Phi) is 4.07. The number of rotatable bonds is 2. The summed E-state index contributed by atoms with van der Waals surface area (Å²) in [4.78, 5) is 4.08. The van der Waals surface area contributed by atoms with Crippen LogP contribution in [0.2, 0.25) is 5.02 Å². The molecule has 1 fully saturated rings. The molecular formula is C13H17ClFN3. The Labute approximate surface area is 111 Å². The molecule has 2 N–H and O–H groups in total. The Balaban J connectivity index is 1.90. The van der Waals surface area contributed by atoms with E-state index in [1.165, 1.54) is 6.07 Å². The van der Waals surface area contributed by atoms with Gasteiger partial charge in [0, 0.05) is 20.1 Å². The van der Waals surface area contributed by atoms with Crippen molar-refractivity contribution < 1.29 is 4.39 Å². The highest BCUT2D eigenvalue weighted by Gasteiger charge is 2.31. The molecule has 0 heterocycles. The lowest BCUT2D eigenvalue weighted by atomic mass is 9.76. The Hall–Kier alpha value is -1.29. The van der Waals surface area contributed by atoms with Crippen molar-refractivity contribution in [2.24, 2.45) is 4.99 Å². The highest BCUT2D eigenvalue weighted by atomic mass is 35.5. The number of benzene rings is 1. The van der Waals surface area contributed by atoms with Crippen molar-refractivity contribution in [1.29, 1.82) is 0 Å². The van der Waals surface area contributed by atoms with Crippen molar-refractivity contribution >= 4 is 17.6 Å². The van der Waals surface area contributed by atoms with E-state index in [1.807, 2.05) is 13.1 Å². The van der Waals surface area contributed by atoms with Crippen LogP contribution in [0.3, 0.4) is 0 Å². The Morgan fingerprint density at radius 1 is 1.44 bits per heavy atom. The summed E-state index contributed by atoms with van der Waals surface area (Å²) >= 11 is 5.78. The molecule has 2 rings (SSSR count). The topological polar surface area (TPSA) is 36.4 Å². The van der Waals surface area contributed by atoms with Gasteiger partial charge >= 0.3 is 0 Å². The van der Waals surface area contributed by atoms with Crippen LogP contribution in [0.4, 0.5) is 4.39 Å². The van der Waals surface area contributed by atoms with Gasteiger partial charge in [-0.1, -0.05) is 17.7 Å². The van der Waals surface area contributed by atoms with Gasteiger partial charge in [-0.05, 0) is 36.5 Å². The number of hydrogen-bond donors (Lipinski definition) is 2. The summed E-state index contributed by atoms with van der Waals surface area (Å²) in [6.07, 6.45) is 2.03. The first kappa shape index (κ1) is 13.1. The molecule has 0 aliphatic heterocycles. The monoisotopic (exact) mass is 269 g/mol. The van der Waals surface area contributed by atoms with Crippen molar-refractivity contribution in [3.8, 4) is 0 Å². The van der Waals surface area contributed by atoms with Crippen LogP contribution in [-0.4, -0.2) is 26.1 Å². The zero-order valence-corrected chi connectivity index (χ0v) is 11.3. The van der Waals surface area contributed by atoms with Crippen LogP contribution >= 0.6 is 11.6 Å². The fraction of sp³-hybridized carbons (Fsp3) is 0.462. The minimum atomic E-state index is -0.356. The molecule has 0 amide bonds. The molecule has 1 aliphatic rings. The van der Waals surface area contributed by atoms with E-state index in [4.69, 9.17) is 11.6 Å². The Morgan fingerprint density at radius 3 is 2.72 bits per heavy atom. The summed E-state index contributed by atoms with van der Waals surface area (Å²) in [6, 6.07) is 5.40. The highest BCUT2D eigenvalue weighted by Crippen LogP contribution is 2.37. The van der Waals surface area contributed by atoms with Crippen molar-refractivity contribution in [2.75, 3.05) is 14.1 Å². The van der Waals surface area contributed by atoms with E-state index < -0.39 is 0 Å². The molecule has 1 saturated carbocycles. The van der Waals surface area contributed by atoms with Crippen molar-refractivity contribution in [1.82, 2.24) is 10.6 Å². The van der Waals surface area contributed by atoms with Crippen LogP contribution in [0.25, 0.3) is 0 Å². The van der Waals surface area contributed by atoms with Gasteiger partial charge in [-0.25, -0.2) is 4.39 Å². The quantitative estimate of drug-likeness (QED) is 0.639. The maximum absolute atomic E-state index is 13.1. The largest absolute Gasteiger partial charge is 0.359 e. The van der Waals surface area contributed by atoms with Gasteiger partial charge in [0.25, 0.3) is 0 Å². The lowest BCUT2D eigenvalue weighted by Crippen LogP contribution is -2.47. The summed E-state index contributed by atoms with van der Waals surface area (Å²) in [5.74, 6) is 0.899. The van der Waals surface area contributed by atoms with Crippen LogP contribution in [-0.2, 0) is 0 Å². The van der Waals surface area contributed by atoms with Gasteiger partial charge in [0.2, 0.25) is 0 Å². The van der Waals surface area contributed by atoms with E-state index in [0.717, 1.165) is 24.4 Å². The highest BCUT2D eigenvalue weighted by molar-refractivity contribution is 6.30. The van der Waals surface area contributed by atoms with Crippen LogP contribution in [0, 0.1) is 5.82 Å². The van der Waals surface area contributed by atoms with E-state index in [9.17, 15) is 4.39 Å². The van der Waals surface area contributed by atoms with Crippen LogP contribution < -0.4 is 10.6 Å². The molecule has 0 aromatic heterocycles. The number of nitrogens with zero attached hydrogens (tertiary/aromatic N) is 1. The second-order valence-corrected chi connectivity index (χ2v) is 4.91. The smallest absolute Gasteiger partial charge is 0.190 e. The van der Waals surface area contributed by atoms with E-state index in [2.05, 4.69) is 15.6 Å². The molecule has 5 heteroatoms. The van der Waals surface area contributed by atoms with E-state index >= 15 is 0 Å². The standard InChI is InChI=1S/C13H17ClFN3/c1-16-13(17-2)18-10-5-9(6-10)8-3-4-12(15)11(14)7-8/h3-4,7,9-10H,5-6H2,1-2H3,(H2,16,17,18). The van der Waals surface area contributed by atoms with Crippen molar-refractivity contribution in [2.45, 2.75) is 24.8 Å². The van der Waals surface area contributed by atoms with Gasteiger partial charge in [0.05, 0.1) is 5.02 Å². The summed E-state index contributed by atoms with van der Waals surface area (Å²) in [5.41, 5.74) is 1.11. The molecule has 98 valence electrons. The molecule has 3 nitrogen and oxygen atoms in total. The summed E-state index contributed by atoms with van der Waals surface area (Å²) < 4.78 is 13.1. The molecule has 1 aromatic carbocycles. The Morgan fingerprint density at radius 2 is 2.17 bits per heavy atom. The number of guanidine groups is 1. The normalized spacial score (nSPS) is 23.4. The average Bonchev–Trinajstić information content (AvgIpc) is 2.32. The second kappa shape index (κ2) is 5.57.